The monoisotopic (exact) mass is 637 g/mol. The zero-order valence-corrected chi connectivity index (χ0v) is 22.4. The fourth-order valence-electron chi connectivity index (χ4n) is 5.60. The average Bonchev–Trinajstić information content (AvgIpc) is 3.47. The first-order chi connectivity index (χ1) is 17.1. The van der Waals surface area contributed by atoms with Crippen LogP contribution in [0.4, 0.5) is 5.69 Å². The van der Waals surface area contributed by atoms with Crippen molar-refractivity contribution in [3.63, 3.8) is 0 Å². The van der Waals surface area contributed by atoms with Crippen molar-refractivity contribution in [2.45, 2.75) is 16.1 Å². The van der Waals surface area contributed by atoms with Crippen LogP contribution in [0.5, 0.6) is 0 Å². The summed E-state index contributed by atoms with van der Waals surface area (Å²) in [5, 5.41) is 12.9. The van der Waals surface area contributed by atoms with Crippen LogP contribution in [0, 0.1) is 33.8 Å². The quantitative estimate of drug-likeness (QED) is 0.153. The molecule has 9 nitrogen and oxygen atoms in total. The van der Waals surface area contributed by atoms with Crippen molar-refractivity contribution in [2.75, 3.05) is 6.54 Å². The number of halogens is 3. The second-order valence-corrected chi connectivity index (χ2v) is 11.6. The Morgan fingerprint density at radius 2 is 1.64 bits per heavy atom. The molecule has 1 heterocycles. The van der Waals surface area contributed by atoms with E-state index in [4.69, 9.17) is 11.6 Å². The largest absolute Gasteiger partial charge is 0.292 e. The normalized spacial score (nSPS) is 28.4. The Morgan fingerprint density at radius 1 is 1.03 bits per heavy atom. The van der Waals surface area contributed by atoms with Crippen LogP contribution in [0.15, 0.2) is 48.5 Å². The van der Waals surface area contributed by atoms with Crippen molar-refractivity contribution in [3.8, 4) is 0 Å². The minimum absolute atomic E-state index is 0.000306. The van der Waals surface area contributed by atoms with Crippen LogP contribution in [0.25, 0.3) is 0 Å². The third-order valence-corrected chi connectivity index (χ3v) is 10.8. The predicted molar refractivity (Wildman–Crippen MR) is 136 cm³/mol. The fraction of sp³-hybridized carbons (Fsp3) is 0.333. The van der Waals surface area contributed by atoms with Gasteiger partial charge in [-0.2, -0.15) is 5.01 Å². The summed E-state index contributed by atoms with van der Waals surface area (Å²) < 4.78 is 0. The van der Waals surface area contributed by atoms with Gasteiger partial charge in [0.05, 0.1) is 27.3 Å². The summed E-state index contributed by atoms with van der Waals surface area (Å²) in [6, 6.07) is 11.2. The topological polar surface area (TPSA) is 118 Å². The Morgan fingerprint density at radius 3 is 2.22 bits per heavy atom. The molecule has 5 rings (SSSR count). The molecule has 36 heavy (non-hydrogen) atoms. The number of ketones is 1. The zero-order chi connectivity index (χ0) is 25.9. The molecule has 2 aromatic carbocycles. The van der Waals surface area contributed by atoms with Crippen molar-refractivity contribution in [1.29, 1.82) is 0 Å². The summed E-state index contributed by atoms with van der Waals surface area (Å²) in [5.41, 5.74) is -0.305. The second-order valence-electron chi connectivity index (χ2n) is 9.07. The Bertz CT molecular complexity index is 1290. The number of carbonyl (C=O) groups is 4. The summed E-state index contributed by atoms with van der Waals surface area (Å²) in [7, 11) is 0. The average molecular weight is 640 g/mol. The molecule has 0 spiro atoms. The van der Waals surface area contributed by atoms with Crippen molar-refractivity contribution in [1.82, 2.24) is 10.0 Å². The Balaban J connectivity index is 1.52. The van der Waals surface area contributed by atoms with Crippen LogP contribution in [0.2, 0.25) is 5.02 Å². The number of nitrogens with zero attached hydrogens (tertiary/aromatic N) is 3. The van der Waals surface area contributed by atoms with Gasteiger partial charge < -0.3 is 0 Å². The summed E-state index contributed by atoms with van der Waals surface area (Å²) >= 11 is 13.5. The van der Waals surface area contributed by atoms with E-state index < -0.39 is 46.8 Å². The van der Waals surface area contributed by atoms with Gasteiger partial charge in [-0.3, -0.25) is 29.3 Å². The Labute approximate surface area is 227 Å². The number of amides is 3. The number of Topliss-reactive ketones (excluding diaryl/α,β-unsaturated/α-hetero) is 1. The van der Waals surface area contributed by atoms with Crippen LogP contribution in [0.1, 0.15) is 27.1 Å². The molecule has 1 aliphatic heterocycles. The molecule has 1 saturated heterocycles. The lowest BCUT2D eigenvalue weighted by atomic mass is 9.81. The lowest BCUT2D eigenvalue weighted by Gasteiger charge is -2.31. The van der Waals surface area contributed by atoms with E-state index >= 15 is 0 Å². The molecule has 0 aromatic heterocycles. The van der Waals surface area contributed by atoms with Gasteiger partial charge in [-0.1, -0.05) is 67.7 Å². The van der Waals surface area contributed by atoms with E-state index in [-0.39, 0.29) is 43.3 Å². The van der Waals surface area contributed by atoms with Crippen molar-refractivity contribution in [3.05, 3.63) is 74.8 Å². The van der Waals surface area contributed by atoms with E-state index in [0.717, 1.165) is 16.1 Å². The lowest BCUT2D eigenvalue weighted by molar-refractivity contribution is -0.384. The van der Waals surface area contributed by atoms with E-state index in [9.17, 15) is 29.3 Å². The van der Waals surface area contributed by atoms with E-state index in [1.807, 2.05) is 0 Å². The molecule has 2 aliphatic carbocycles. The molecule has 3 amide bonds. The van der Waals surface area contributed by atoms with Gasteiger partial charge in [0.1, 0.15) is 6.54 Å². The molecule has 2 bridgehead atoms. The Hall–Kier alpha value is -2.63. The van der Waals surface area contributed by atoms with Crippen molar-refractivity contribution in [2.24, 2.45) is 23.7 Å². The molecule has 2 aromatic rings. The Kier molecular flexibility index (Phi) is 6.50. The fourth-order valence-corrected chi connectivity index (χ4v) is 7.69. The van der Waals surface area contributed by atoms with Gasteiger partial charge in [0.15, 0.2) is 5.78 Å². The first-order valence-electron chi connectivity index (χ1n) is 11.1. The molecule has 0 radical (unpaired) electrons. The zero-order valence-electron chi connectivity index (χ0n) is 18.4. The summed E-state index contributed by atoms with van der Waals surface area (Å²) in [6.45, 7) is -0.674. The highest BCUT2D eigenvalue weighted by Gasteiger charge is 2.67. The van der Waals surface area contributed by atoms with E-state index in [0.29, 0.717) is 6.42 Å². The maximum Gasteiger partial charge on any atom is 0.274 e. The van der Waals surface area contributed by atoms with Gasteiger partial charge in [0.25, 0.3) is 23.4 Å². The number of nitro groups is 1. The van der Waals surface area contributed by atoms with E-state index in [1.54, 1.807) is 12.1 Å². The van der Waals surface area contributed by atoms with Gasteiger partial charge in [-0.05, 0) is 30.4 Å². The molecule has 2 saturated carbocycles. The first-order valence-corrected chi connectivity index (χ1v) is 13.3. The number of benzene rings is 2. The number of imide groups is 1. The van der Waals surface area contributed by atoms with Crippen molar-refractivity contribution >= 4 is 72.7 Å². The number of non-ortho nitro benzene ring substituents is 1. The predicted octanol–water partition coefficient (Wildman–Crippen LogP) is 4.27. The highest BCUT2D eigenvalue weighted by atomic mass is 79.9. The number of fused-ring (bicyclic) bond motifs is 5. The molecule has 3 fully saturated rings. The minimum Gasteiger partial charge on any atom is -0.292 e. The minimum atomic E-state index is -0.792. The van der Waals surface area contributed by atoms with Gasteiger partial charge >= 0.3 is 0 Å². The molecule has 3 aliphatic rings. The van der Waals surface area contributed by atoms with Crippen LogP contribution in [-0.2, 0) is 9.59 Å². The van der Waals surface area contributed by atoms with Crippen molar-refractivity contribution < 1.29 is 24.1 Å². The highest BCUT2D eigenvalue weighted by molar-refractivity contribution is 9.12. The molecular formula is C24H18Br2ClN3O6. The molecule has 0 unspecified atom stereocenters. The third-order valence-electron chi connectivity index (χ3n) is 7.22. The van der Waals surface area contributed by atoms with Crippen LogP contribution in [0.3, 0.4) is 0 Å². The summed E-state index contributed by atoms with van der Waals surface area (Å²) in [6.07, 6.45) is 0.706. The number of hydrazine groups is 1. The van der Waals surface area contributed by atoms with Crippen LogP contribution >= 0.6 is 43.5 Å². The first kappa shape index (κ1) is 25.0. The second kappa shape index (κ2) is 9.35. The third kappa shape index (κ3) is 3.88. The maximum absolute atomic E-state index is 13.6. The smallest absolute Gasteiger partial charge is 0.274 e. The van der Waals surface area contributed by atoms with Crippen LogP contribution in [-0.4, -0.2) is 54.6 Å². The summed E-state index contributed by atoms with van der Waals surface area (Å²) in [4.78, 5) is 64.6. The van der Waals surface area contributed by atoms with Gasteiger partial charge in [0, 0.05) is 27.4 Å². The molecule has 6 atom stereocenters. The van der Waals surface area contributed by atoms with E-state index in [1.165, 1.54) is 30.3 Å². The van der Waals surface area contributed by atoms with Crippen LogP contribution < -0.4 is 0 Å². The number of nitro benzene ring substituents is 1. The number of hydrogen-bond acceptors (Lipinski definition) is 6. The van der Waals surface area contributed by atoms with Gasteiger partial charge in [0.2, 0.25) is 0 Å². The number of carbonyl (C=O) groups excluding carboxylic acids is 4. The molecule has 0 N–H and O–H groups in total. The maximum atomic E-state index is 13.6. The standard InChI is InChI=1S/C24H18Br2ClN3O6/c25-20-14-9-15(21(20)26)19-18(14)23(33)29(24(19)34)28(22(32)13-6-1-2-7-16(13)27)10-17(31)11-4-3-5-12(8-11)30(35)36/h1-8,14-15,18-21H,9-10H2/t14-,15-,18-,19-,20+,21+/m1/s1. The van der Waals surface area contributed by atoms with E-state index in [2.05, 4.69) is 31.9 Å². The SMILES string of the molecule is O=C(CN(C(=O)c1ccccc1Cl)N1C(=O)[C@@H]2[C@H]3C[C@@H]([C@H](Br)[C@H]3Br)[C@H]2C1=O)c1cccc([N+](=O)[O-])c1. The highest BCUT2D eigenvalue weighted by Crippen LogP contribution is 2.60. The molecule has 186 valence electrons. The van der Waals surface area contributed by atoms with Gasteiger partial charge in [-0.25, -0.2) is 5.01 Å². The number of rotatable bonds is 6. The summed E-state index contributed by atoms with van der Waals surface area (Å²) in [5.74, 6) is -3.91. The lowest BCUT2D eigenvalue weighted by Crippen LogP contribution is -2.52. The van der Waals surface area contributed by atoms with Gasteiger partial charge in [-0.15, -0.1) is 0 Å². The molecular weight excluding hydrogens is 622 g/mol. The number of hydrogen-bond donors (Lipinski definition) is 0. The number of alkyl halides is 2. The molecule has 12 heteroatoms.